The van der Waals surface area contributed by atoms with E-state index in [0.29, 0.717) is 37.8 Å². The number of ether oxygens (including phenoxy) is 2. The van der Waals surface area contributed by atoms with Gasteiger partial charge in [-0.15, -0.1) is 0 Å². The second-order valence-corrected chi connectivity index (χ2v) is 9.11. The Morgan fingerprint density at radius 3 is 2.57 bits per heavy atom. The summed E-state index contributed by atoms with van der Waals surface area (Å²) >= 11 is 0. The van der Waals surface area contributed by atoms with Gasteiger partial charge in [0.15, 0.2) is 0 Å². The Balaban J connectivity index is 1.07. The minimum Gasteiger partial charge on any atom is -0.377 e. The number of amides is 1. The molecule has 1 spiro atoms. The molecule has 1 saturated carbocycles. The van der Waals surface area contributed by atoms with Crippen LogP contribution in [0.4, 0.5) is 4.39 Å². The lowest BCUT2D eigenvalue weighted by Crippen LogP contribution is -2.64. The molecule has 0 radical (unpaired) electrons. The van der Waals surface area contributed by atoms with E-state index in [-0.39, 0.29) is 22.7 Å². The summed E-state index contributed by atoms with van der Waals surface area (Å²) in [6, 6.07) is 16.9. The molecule has 0 bridgehead atoms. The number of hydrogen-bond donors (Lipinski definition) is 0. The molecule has 2 heterocycles. The van der Waals surface area contributed by atoms with Crippen molar-refractivity contribution in [3.63, 3.8) is 0 Å². The predicted molar refractivity (Wildman–Crippen MR) is 111 cm³/mol. The Morgan fingerprint density at radius 1 is 1.10 bits per heavy atom. The number of likely N-dealkylation sites (tertiary alicyclic amines) is 1. The lowest BCUT2D eigenvalue weighted by Gasteiger charge is -2.48. The van der Waals surface area contributed by atoms with Gasteiger partial charge in [0.1, 0.15) is 11.4 Å². The highest BCUT2D eigenvalue weighted by Gasteiger charge is 2.58. The van der Waals surface area contributed by atoms with Crippen molar-refractivity contribution in [2.24, 2.45) is 5.92 Å². The van der Waals surface area contributed by atoms with Gasteiger partial charge in [-0.05, 0) is 43.2 Å². The third-order valence-electron chi connectivity index (χ3n) is 6.90. The zero-order valence-electron chi connectivity index (χ0n) is 17.2. The maximum absolute atomic E-state index is 13.6. The average molecular weight is 410 g/mol. The van der Waals surface area contributed by atoms with Crippen LogP contribution in [0.1, 0.15) is 36.8 Å². The molecule has 1 amide bonds. The number of benzene rings is 2. The summed E-state index contributed by atoms with van der Waals surface area (Å²) in [4.78, 5) is 15.1. The highest BCUT2D eigenvalue weighted by molar-refractivity contribution is 5.92. The van der Waals surface area contributed by atoms with Crippen LogP contribution >= 0.6 is 0 Å². The fourth-order valence-corrected chi connectivity index (χ4v) is 5.00. The van der Waals surface area contributed by atoms with Crippen LogP contribution in [0.15, 0.2) is 54.6 Å². The monoisotopic (exact) mass is 409 g/mol. The lowest BCUT2D eigenvalue weighted by atomic mass is 9.84. The fourth-order valence-electron chi connectivity index (χ4n) is 5.00. The number of carbonyl (C=O) groups is 1. The maximum atomic E-state index is 13.6. The summed E-state index contributed by atoms with van der Waals surface area (Å²) in [5.74, 6) is 0.482. The van der Waals surface area contributed by atoms with Crippen molar-refractivity contribution in [3.8, 4) is 0 Å². The topological polar surface area (TPSA) is 38.8 Å². The van der Waals surface area contributed by atoms with Crippen molar-refractivity contribution < 1.29 is 18.7 Å². The van der Waals surface area contributed by atoms with E-state index in [1.807, 2.05) is 29.2 Å². The molecule has 1 atom stereocenters. The van der Waals surface area contributed by atoms with Crippen molar-refractivity contribution in [1.82, 2.24) is 4.90 Å². The summed E-state index contributed by atoms with van der Waals surface area (Å²) < 4.78 is 25.5. The highest BCUT2D eigenvalue weighted by Crippen LogP contribution is 2.51. The average Bonchev–Trinajstić information content (AvgIpc) is 3.45. The Morgan fingerprint density at radius 2 is 1.83 bits per heavy atom. The van der Waals surface area contributed by atoms with Gasteiger partial charge < -0.3 is 14.4 Å². The van der Waals surface area contributed by atoms with E-state index >= 15 is 0 Å². The van der Waals surface area contributed by atoms with Crippen LogP contribution in [0, 0.1) is 11.7 Å². The van der Waals surface area contributed by atoms with Gasteiger partial charge >= 0.3 is 0 Å². The van der Waals surface area contributed by atoms with E-state index in [2.05, 4.69) is 12.1 Å². The van der Waals surface area contributed by atoms with Crippen LogP contribution in [0.25, 0.3) is 0 Å². The molecule has 2 aliphatic heterocycles. The normalized spacial score (nSPS) is 23.4. The lowest BCUT2D eigenvalue weighted by molar-refractivity contribution is -0.160. The molecule has 1 aliphatic carbocycles. The van der Waals surface area contributed by atoms with Crippen LogP contribution in [0.3, 0.4) is 0 Å². The molecule has 4 nitrogen and oxygen atoms in total. The van der Waals surface area contributed by atoms with E-state index < -0.39 is 0 Å². The minimum absolute atomic E-state index is 0.168. The number of hydrogen-bond acceptors (Lipinski definition) is 3. The van der Waals surface area contributed by atoms with Gasteiger partial charge in [0.25, 0.3) is 0 Å². The summed E-state index contributed by atoms with van der Waals surface area (Å²) in [6.45, 7) is 3.02. The Bertz CT molecular complexity index is 906. The van der Waals surface area contributed by atoms with E-state index in [9.17, 15) is 9.18 Å². The molecule has 2 aromatic carbocycles. The molecule has 2 aromatic rings. The molecule has 30 heavy (non-hydrogen) atoms. The van der Waals surface area contributed by atoms with E-state index in [0.717, 1.165) is 37.9 Å². The quantitative estimate of drug-likeness (QED) is 0.647. The molecule has 0 aromatic heterocycles. The molecule has 158 valence electrons. The van der Waals surface area contributed by atoms with Gasteiger partial charge in [-0.3, -0.25) is 4.79 Å². The van der Waals surface area contributed by atoms with Crippen LogP contribution in [-0.2, 0) is 26.3 Å². The van der Waals surface area contributed by atoms with Crippen LogP contribution in [-0.4, -0.2) is 42.7 Å². The summed E-state index contributed by atoms with van der Waals surface area (Å²) in [6.07, 6.45) is 3.76. The van der Waals surface area contributed by atoms with Crippen LogP contribution in [0.5, 0.6) is 0 Å². The van der Waals surface area contributed by atoms with Crippen LogP contribution in [0.2, 0.25) is 0 Å². The number of rotatable bonds is 7. The molecular formula is C25H28FNO3. The number of halogens is 1. The molecule has 3 aliphatic rings. The first-order valence-electron chi connectivity index (χ1n) is 10.9. The van der Waals surface area contributed by atoms with E-state index in [1.54, 1.807) is 12.1 Å². The highest BCUT2D eigenvalue weighted by atomic mass is 19.1. The van der Waals surface area contributed by atoms with Gasteiger partial charge in [0.05, 0.1) is 31.7 Å². The minimum atomic E-state index is -0.290. The fraction of sp³-hybridized carbons (Fsp3) is 0.480. The molecule has 1 unspecified atom stereocenters. The van der Waals surface area contributed by atoms with Crippen molar-refractivity contribution >= 4 is 5.91 Å². The van der Waals surface area contributed by atoms with Gasteiger partial charge in [-0.1, -0.05) is 48.5 Å². The van der Waals surface area contributed by atoms with Crippen molar-refractivity contribution in [2.45, 2.75) is 43.3 Å². The standard InChI is InChI=1S/C25H28FNO3/c26-22-9-5-4-6-20(22)16-29-13-10-19-14-24(30-15-19)17-27(18-24)23(28)25(11-12-25)21-7-2-1-3-8-21/h1-9,19H,10-18H2. The van der Waals surface area contributed by atoms with Gasteiger partial charge in [0.2, 0.25) is 5.91 Å². The first-order valence-corrected chi connectivity index (χ1v) is 10.9. The smallest absolute Gasteiger partial charge is 0.233 e. The predicted octanol–water partition coefficient (Wildman–Crippen LogP) is 4.08. The summed E-state index contributed by atoms with van der Waals surface area (Å²) in [5, 5.41) is 0. The third-order valence-corrected chi connectivity index (χ3v) is 6.90. The number of carbonyl (C=O) groups excluding carboxylic acids is 1. The molecule has 3 fully saturated rings. The van der Waals surface area contributed by atoms with Gasteiger partial charge in [-0.25, -0.2) is 4.39 Å². The Hall–Kier alpha value is -2.24. The Labute approximate surface area is 177 Å². The van der Waals surface area contributed by atoms with Crippen molar-refractivity contribution in [3.05, 3.63) is 71.5 Å². The molecular weight excluding hydrogens is 381 g/mol. The molecule has 5 heteroatoms. The van der Waals surface area contributed by atoms with Crippen molar-refractivity contribution in [2.75, 3.05) is 26.3 Å². The van der Waals surface area contributed by atoms with E-state index in [1.165, 1.54) is 6.07 Å². The number of nitrogens with zero attached hydrogens (tertiary/aromatic N) is 1. The van der Waals surface area contributed by atoms with Gasteiger partial charge in [0, 0.05) is 12.2 Å². The molecule has 5 rings (SSSR count). The first-order chi connectivity index (χ1) is 14.6. The first kappa shape index (κ1) is 19.7. The molecule has 0 N–H and O–H groups in total. The second kappa shape index (κ2) is 7.78. The molecule has 2 saturated heterocycles. The zero-order valence-corrected chi connectivity index (χ0v) is 17.2. The van der Waals surface area contributed by atoms with Crippen LogP contribution < -0.4 is 0 Å². The third kappa shape index (κ3) is 3.65. The Kier molecular flexibility index (Phi) is 5.11. The van der Waals surface area contributed by atoms with E-state index in [4.69, 9.17) is 9.47 Å². The van der Waals surface area contributed by atoms with Gasteiger partial charge in [-0.2, -0.15) is 0 Å². The summed E-state index contributed by atoms with van der Waals surface area (Å²) in [7, 11) is 0. The maximum Gasteiger partial charge on any atom is 0.233 e. The zero-order chi connectivity index (χ0) is 20.6. The summed E-state index contributed by atoms with van der Waals surface area (Å²) in [5.41, 5.74) is 1.28. The second-order valence-electron chi connectivity index (χ2n) is 9.11. The van der Waals surface area contributed by atoms with Crippen molar-refractivity contribution in [1.29, 1.82) is 0 Å². The largest absolute Gasteiger partial charge is 0.377 e. The SMILES string of the molecule is O=C(N1CC2(CC(CCOCc3ccccc3F)CO2)C1)C1(c2ccccc2)CC1.